The number of thioether (sulfide) groups is 2. The van der Waals surface area contributed by atoms with Crippen molar-refractivity contribution in [3.05, 3.63) is 0 Å². The maximum atomic E-state index is 6.16. The largest absolute Gasteiger partial charge is 0.375 e. The molecule has 0 radical (unpaired) electrons. The molecule has 1 N–H and O–H groups in total. The molecule has 2 saturated heterocycles. The van der Waals surface area contributed by atoms with Gasteiger partial charge in [0.15, 0.2) is 0 Å². The summed E-state index contributed by atoms with van der Waals surface area (Å²) in [6.45, 7) is 5.54. The fraction of sp³-hybridized carbons (Fsp3) is 1.00. The van der Waals surface area contributed by atoms with E-state index in [-0.39, 0.29) is 5.60 Å². The lowest BCUT2D eigenvalue weighted by Gasteiger charge is -2.44. The van der Waals surface area contributed by atoms with Gasteiger partial charge in [-0.25, -0.2) is 0 Å². The summed E-state index contributed by atoms with van der Waals surface area (Å²) >= 11 is 4.14. The van der Waals surface area contributed by atoms with E-state index in [2.05, 4.69) is 42.7 Å². The molecule has 112 valence electrons. The zero-order valence-corrected chi connectivity index (χ0v) is 14.1. The number of hydrogen-bond acceptors (Lipinski definition) is 4. The molecule has 1 spiro atoms. The van der Waals surface area contributed by atoms with Gasteiger partial charge in [-0.3, -0.25) is 0 Å². The first kappa shape index (κ1) is 16.0. The Kier molecular flexibility index (Phi) is 6.87. The molecule has 2 unspecified atom stereocenters. The molecule has 2 heterocycles. The SMILES string of the molecule is CCSCCC(C)NC1CCOC2(CCSCC2)C1. The van der Waals surface area contributed by atoms with Crippen LogP contribution in [0.25, 0.3) is 0 Å². The average molecular weight is 304 g/mol. The van der Waals surface area contributed by atoms with Gasteiger partial charge >= 0.3 is 0 Å². The van der Waals surface area contributed by atoms with Crippen LogP contribution in [-0.2, 0) is 4.74 Å². The zero-order chi connectivity index (χ0) is 13.6. The molecule has 4 heteroatoms. The highest BCUT2D eigenvalue weighted by Crippen LogP contribution is 2.37. The van der Waals surface area contributed by atoms with Crippen molar-refractivity contribution in [1.82, 2.24) is 5.32 Å². The summed E-state index contributed by atoms with van der Waals surface area (Å²) < 4.78 is 6.16. The highest BCUT2D eigenvalue weighted by Gasteiger charge is 2.38. The first-order valence-corrected chi connectivity index (χ1v) is 10.1. The smallest absolute Gasteiger partial charge is 0.0713 e. The average Bonchev–Trinajstić information content (AvgIpc) is 2.40. The van der Waals surface area contributed by atoms with Crippen molar-refractivity contribution < 1.29 is 4.74 Å². The molecule has 2 rings (SSSR count). The Morgan fingerprint density at radius 3 is 2.95 bits per heavy atom. The van der Waals surface area contributed by atoms with Gasteiger partial charge in [-0.15, -0.1) is 0 Å². The summed E-state index contributed by atoms with van der Waals surface area (Å²) in [5.41, 5.74) is 0.221. The molecule has 0 aromatic heterocycles. The van der Waals surface area contributed by atoms with Crippen LogP contribution < -0.4 is 5.32 Å². The summed E-state index contributed by atoms with van der Waals surface area (Å²) in [5.74, 6) is 5.10. The van der Waals surface area contributed by atoms with Crippen LogP contribution in [0.2, 0.25) is 0 Å². The molecular weight excluding hydrogens is 274 g/mol. The molecular formula is C15H29NOS2. The first-order valence-electron chi connectivity index (χ1n) is 7.79. The maximum absolute atomic E-state index is 6.16. The summed E-state index contributed by atoms with van der Waals surface area (Å²) in [5, 5.41) is 3.85. The van der Waals surface area contributed by atoms with E-state index in [1.54, 1.807) is 0 Å². The van der Waals surface area contributed by atoms with E-state index < -0.39 is 0 Å². The third-order valence-electron chi connectivity index (χ3n) is 4.32. The molecule has 2 nitrogen and oxygen atoms in total. The van der Waals surface area contributed by atoms with Crippen molar-refractivity contribution in [3.63, 3.8) is 0 Å². The van der Waals surface area contributed by atoms with Crippen LogP contribution in [0.15, 0.2) is 0 Å². The second-order valence-electron chi connectivity index (χ2n) is 5.89. The van der Waals surface area contributed by atoms with Crippen LogP contribution in [0.4, 0.5) is 0 Å². The maximum Gasteiger partial charge on any atom is 0.0713 e. The predicted molar refractivity (Wildman–Crippen MR) is 88.5 cm³/mol. The molecule has 2 fully saturated rings. The van der Waals surface area contributed by atoms with Crippen molar-refractivity contribution >= 4 is 23.5 Å². The van der Waals surface area contributed by atoms with Gasteiger partial charge in [0.25, 0.3) is 0 Å². The number of ether oxygens (including phenoxy) is 1. The van der Waals surface area contributed by atoms with E-state index in [0.717, 1.165) is 6.61 Å². The molecule has 0 aromatic carbocycles. The standard InChI is InChI=1S/C15H29NOS2/c1-3-18-9-5-13(2)16-14-4-8-17-15(12-14)6-10-19-11-7-15/h13-14,16H,3-12H2,1-2H3. The van der Waals surface area contributed by atoms with Gasteiger partial charge < -0.3 is 10.1 Å². The highest BCUT2D eigenvalue weighted by atomic mass is 32.2. The van der Waals surface area contributed by atoms with E-state index >= 15 is 0 Å². The van der Waals surface area contributed by atoms with Gasteiger partial charge in [0.2, 0.25) is 0 Å². The Morgan fingerprint density at radius 1 is 1.42 bits per heavy atom. The Hall–Kier alpha value is 0.620. The van der Waals surface area contributed by atoms with Crippen molar-refractivity contribution in [2.75, 3.05) is 29.6 Å². The van der Waals surface area contributed by atoms with Gasteiger partial charge in [0.1, 0.15) is 0 Å². The number of rotatable bonds is 6. The predicted octanol–water partition coefficient (Wildman–Crippen LogP) is 3.55. The third-order valence-corrected chi connectivity index (χ3v) is 6.23. The van der Waals surface area contributed by atoms with Crippen molar-refractivity contribution in [1.29, 1.82) is 0 Å². The quantitative estimate of drug-likeness (QED) is 0.757. The lowest BCUT2D eigenvalue weighted by molar-refractivity contribution is -0.0940. The van der Waals surface area contributed by atoms with Crippen molar-refractivity contribution in [2.45, 2.75) is 63.6 Å². The number of hydrogen-bond donors (Lipinski definition) is 1. The van der Waals surface area contributed by atoms with Crippen LogP contribution in [-0.4, -0.2) is 47.3 Å². The molecule has 0 saturated carbocycles. The van der Waals surface area contributed by atoms with Gasteiger partial charge in [-0.2, -0.15) is 23.5 Å². The Balaban J connectivity index is 1.74. The minimum atomic E-state index is 0.221. The summed E-state index contributed by atoms with van der Waals surface area (Å²) in [6.07, 6.45) is 6.24. The van der Waals surface area contributed by atoms with Crippen LogP contribution in [0.5, 0.6) is 0 Å². The van der Waals surface area contributed by atoms with Crippen LogP contribution >= 0.6 is 23.5 Å². The van der Waals surface area contributed by atoms with E-state index in [0.29, 0.717) is 12.1 Å². The second kappa shape index (κ2) is 8.16. The molecule has 2 aliphatic heterocycles. The van der Waals surface area contributed by atoms with Crippen molar-refractivity contribution in [2.24, 2.45) is 0 Å². The minimum absolute atomic E-state index is 0.221. The molecule has 2 aliphatic rings. The molecule has 0 amide bonds. The molecule has 0 aromatic rings. The molecule has 0 aliphatic carbocycles. The topological polar surface area (TPSA) is 21.3 Å². The fourth-order valence-corrected chi connectivity index (χ4v) is 5.20. The summed E-state index contributed by atoms with van der Waals surface area (Å²) in [6, 6.07) is 1.33. The molecule has 0 bridgehead atoms. The van der Waals surface area contributed by atoms with Gasteiger partial charge in [-0.1, -0.05) is 6.92 Å². The van der Waals surface area contributed by atoms with E-state index in [9.17, 15) is 0 Å². The van der Waals surface area contributed by atoms with Gasteiger partial charge in [-0.05, 0) is 62.0 Å². The van der Waals surface area contributed by atoms with Crippen molar-refractivity contribution in [3.8, 4) is 0 Å². The van der Waals surface area contributed by atoms with E-state index in [4.69, 9.17) is 4.74 Å². The number of nitrogens with one attached hydrogen (secondary N) is 1. The summed E-state index contributed by atoms with van der Waals surface area (Å²) in [7, 11) is 0. The normalized spacial score (nSPS) is 28.4. The van der Waals surface area contributed by atoms with Crippen LogP contribution in [0, 0.1) is 0 Å². The van der Waals surface area contributed by atoms with E-state index in [1.807, 2.05) is 0 Å². The monoisotopic (exact) mass is 303 g/mol. The fourth-order valence-electron chi connectivity index (χ4n) is 3.15. The third kappa shape index (κ3) is 5.14. The van der Waals surface area contributed by atoms with Gasteiger partial charge in [0.05, 0.1) is 5.60 Å². The Bertz CT molecular complexity index is 251. The Morgan fingerprint density at radius 2 is 2.21 bits per heavy atom. The minimum Gasteiger partial charge on any atom is -0.375 e. The molecule has 2 atom stereocenters. The van der Waals surface area contributed by atoms with Crippen LogP contribution in [0.1, 0.15) is 46.0 Å². The second-order valence-corrected chi connectivity index (χ2v) is 8.51. The Labute approximate surface area is 127 Å². The lowest BCUT2D eigenvalue weighted by atomic mass is 9.85. The van der Waals surface area contributed by atoms with E-state index in [1.165, 1.54) is 55.1 Å². The first-order chi connectivity index (χ1) is 9.24. The lowest BCUT2D eigenvalue weighted by Crippen LogP contribution is -2.50. The highest BCUT2D eigenvalue weighted by molar-refractivity contribution is 7.99. The zero-order valence-electron chi connectivity index (χ0n) is 12.5. The van der Waals surface area contributed by atoms with Crippen LogP contribution in [0.3, 0.4) is 0 Å². The molecule has 19 heavy (non-hydrogen) atoms. The summed E-state index contributed by atoms with van der Waals surface area (Å²) in [4.78, 5) is 0. The van der Waals surface area contributed by atoms with Gasteiger partial charge in [0, 0.05) is 18.7 Å².